The van der Waals surface area contributed by atoms with E-state index in [1.807, 2.05) is 0 Å². The highest BCUT2D eigenvalue weighted by Crippen LogP contribution is 2.51. The van der Waals surface area contributed by atoms with Crippen LogP contribution in [0.2, 0.25) is 0 Å². The molecule has 0 spiro atoms. The van der Waals surface area contributed by atoms with Crippen LogP contribution in [0.4, 0.5) is 0 Å². The molecule has 1 aliphatic carbocycles. The van der Waals surface area contributed by atoms with Gasteiger partial charge in [-0.1, -0.05) is 0 Å². The third kappa shape index (κ3) is 4.87. The van der Waals surface area contributed by atoms with Gasteiger partial charge < -0.3 is 55.1 Å². The van der Waals surface area contributed by atoms with Crippen molar-refractivity contribution in [2.75, 3.05) is 7.11 Å². The van der Waals surface area contributed by atoms with Gasteiger partial charge in [0.1, 0.15) is 35.9 Å². The second-order valence-electron chi connectivity index (χ2n) is 10.4. The fraction of sp³-hybridized carbons (Fsp3) is 0.556. The molecule has 40 heavy (non-hydrogen) atoms. The lowest BCUT2D eigenvalue weighted by Gasteiger charge is -2.36. The number of benzene rings is 2. The van der Waals surface area contributed by atoms with Crippen molar-refractivity contribution in [3.8, 4) is 23.0 Å². The Kier molecular flexibility index (Phi) is 8.30. The van der Waals surface area contributed by atoms with Crippen LogP contribution in [0.5, 0.6) is 23.0 Å². The Morgan fingerprint density at radius 3 is 2.33 bits per heavy atom. The molecule has 0 radical (unpaired) electrons. The standard InChI is InChI=1S/C27H34O13/c1-8-18(30)17-12(27(19(8)31)40-15-7-14(29)21(33)10(3)39-15)5-11-6-13(22(34)24(36)16(11)23(17)35)26(38-4)25(37)20(32)9(2)28/h5,9-10,13-15,20-22,26,28-35H,6-7H2,1-4H3. The second-order valence-corrected chi connectivity index (χ2v) is 10.4. The number of aromatic hydroxyl groups is 3. The Bertz CT molecular complexity index is 1310. The van der Waals surface area contributed by atoms with Crippen molar-refractivity contribution in [3.05, 3.63) is 22.8 Å². The van der Waals surface area contributed by atoms with Gasteiger partial charge in [-0.15, -0.1) is 0 Å². The summed E-state index contributed by atoms with van der Waals surface area (Å²) in [4.78, 5) is 26.1. The number of methoxy groups -OCH3 is 1. The molecule has 2 aliphatic rings. The maximum absolute atomic E-state index is 13.3. The molecular weight excluding hydrogens is 532 g/mol. The number of fused-ring (bicyclic) bond motifs is 2. The lowest BCUT2D eigenvalue weighted by Crippen LogP contribution is -2.50. The number of hydrogen-bond acceptors (Lipinski definition) is 13. The molecule has 13 nitrogen and oxygen atoms in total. The molecule has 1 fully saturated rings. The first-order chi connectivity index (χ1) is 18.7. The molecule has 2 aromatic rings. The second kappa shape index (κ2) is 11.1. The third-order valence-corrected chi connectivity index (χ3v) is 7.76. The Morgan fingerprint density at radius 1 is 1.10 bits per heavy atom. The number of phenols is 3. The number of hydrogen-bond donors (Lipinski definition) is 8. The molecular formula is C27H34O13. The topological polar surface area (TPSA) is 224 Å². The van der Waals surface area contributed by atoms with Gasteiger partial charge in [-0.2, -0.15) is 0 Å². The lowest BCUT2D eigenvalue weighted by atomic mass is 9.75. The third-order valence-electron chi connectivity index (χ3n) is 7.76. The van der Waals surface area contributed by atoms with E-state index < -0.39 is 83.8 Å². The molecule has 1 saturated heterocycles. The number of Topliss-reactive ketones (excluding diaryl/α,β-unsaturated/α-hetero) is 2. The summed E-state index contributed by atoms with van der Waals surface area (Å²) in [6.07, 6.45) is -11.3. The van der Waals surface area contributed by atoms with Gasteiger partial charge in [-0.25, -0.2) is 0 Å². The van der Waals surface area contributed by atoms with E-state index in [0.717, 1.165) is 7.11 Å². The van der Waals surface area contributed by atoms with E-state index in [4.69, 9.17) is 14.2 Å². The van der Waals surface area contributed by atoms with Crippen LogP contribution < -0.4 is 4.74 Å². The van der Waals surface area contributed by atoms with Crippen molar-refractivity contribution in [2.45, 2.75) is 82.6 Å². The van der Waals surface area contributed by atoms with Crippen LogP contribution in [0.25, 0.3) is 10.8 Å². The van der Waals surface area contributed by atoms with Crippen LogP contribution >= 0.6 is 0 Å². The molecule has 13 heteroatoms. The van der Waals surface area contributed by atoms with Crippen molar-refractivity contribution in [1.82, 2.24) is 0 Å². The number of ketones is 2. The summed E-state index contributed by atoms with van der Waals surface area (Å²) in [5.74, 6) is -5.16. The number of ether oxygens (including phenoxy) is 3. The summed E-state index contributed by atoms with van der Waals surface area (Å²) < 4.78 is 16.7. The SMILES string of the molecule is COC(C(=O)C(O)C(C)O)C1Cc2cc3c(OC4CC(O)C(O)C(C)O4)c(O)c(C)c(O)c3c(O)c2C(=O)C1O. The molecule has 4 rings (SSSR count). The summed E-state index contributed by atoms with van der Waals surface area (Å²) in [6, 6.07) is 1.34. The summed E-state index contributed by atoms with van der Waals surface area (Å²) in [5, 5.41) is 83.3. The van der Waals surface area contributed by atoms with Gasteiger partial charge in [0.15, 0.2) is 23.1 Å². The minimum absolute atomic E-state index is 0.0408. The number of aliphatic hydroxyl groups excluding tert-OH is 5. The monoisotopic (exact) mass is 566 g/mol. The molecule has 1 aliphatic heterocycles. The highest BCUT2D eigenvalue weighted by atomic mass is 16.7. The average Bonchev–Trinajstić information content (AvgIpc) is 2.90. The molecule has 8 N–H and O–H groups in total. The van der Waals surface area contributed by atoms with Gasteiger partial charge in [0.25, 0.3) is 0 Å². The Hall–Kier alpha value is -3.04. The number of phenolic OH excluding ortho intramolecular Hbond substituents is 3. The Labute approximate surface area is 228 Å². The van der Waals surface area contributed by atoms with Crippen LogP contribution in [0, 0.1) is 12.8 Å². The van der Waals surface area contributed by atoms with Crippen LogP contribution in [-0.2, 0) is 20.7 Å². The number of carbonyl (C=O) groups is 2. The fourth-order valence-electron chi connectivity index (χ4n) is 5.42. The van der Waals surface area contributed by atoms with E-state index in [9.17, 15) is 50.4 Å². The zero-order valence-corrected chi connectivity index (χ0v) is 22.3. The predicted octanol–water partition coefficient (Wildman–Crippen LogP) is -0.458. The first kappa shape index (κ1) is 29.9. The van der Waals surface area contributed by atoms with Crippen molar-refractivity contribution in [1.29, 1.82) is 0 Å². The molecule has 0 amide bonds. The first-order valence-corrected chi connectivity index (χ1v) is 12.8. The molecule has 9 unspecified atom stereocenters. The van der Waals surface area contributed by atoms with Crippen LogP contribution in [0.15, 0.2) is 6.07 Å². The van der Waals surface area contributed by atoms with Crippen molar-refractivity contribution >= 4 is 22.3 Å². The molecule has 2 aromatic carbocycles. The molecule has 0 aromatic heterocycles. The minimum Gasteiger partial charge on any atom is -0.507 e. The van der Waals surface area contributed by atoms with Gasteiger partial charge >= 0.3 is 0 Å². The number of rotatable bonds is 7. The van der Waals surface area contributed by atoms with Crippen LogP contribution in [0.3, 0.4) is 0 Å². The normalized spacial score (nSPS) is 29.1. The predicted molar refractivity (Wildman–Crippen MR) is 136 cm³/mol. The molecule has 0 bridgehead atoms. The quantitative estimate of drug-likeness (QED) is 0.213. The largest absolute Gasteiger partial charge is 0.507 e. The smallest absolute Gasteiger partial charge is 0.203 e. The van der Waals surface area contributed by atoms with Gasteiger partial charge in [0.05, 0.1) is 29.3 Å². The summed E-state index contributed by atoms with van der Waals surface area (Å²) in [6.45, 7) is 4.05. The van der Waals surface area contributed by atoms with Gasteiger partial charge in [-0.3, -0.25) is 9.59 Å². The van der Waals surface area contributed by atoms with E-state index in [2.05, 4.69) is 0 Å². The highest BCUT2D eigenvalue weighted by molar-refractivity contribution is 6.12. The van der Waals surface area contributed by atoms with E-state index in [1.165, 1.54) is 26.8 Å². The lowest BCUT2D eigenvalue weighted by molar-refractivity contribution is -0.216. The van der Waals surface area contributed by atoms with Crippen molar-refractivity contribution in [3.63, 3.8) is 0 Å². The van der Waals surface area contributed by atoms with E-state index >= 15 is 0 Å². The highest BCUT2D eigenvalue weighted by Gasteiger charge is 2.46. The summed E-state index contributed by atoms with van der Waals surface area (Å²) >= 11 is 0. The Morgan fingerprint density at radius 2 is 1.75 bits per heavy atom. The first-order valence-electron chi connectivity index (χ1n) is 12.8. The van der Waals surface area contributed by atoms with Crippen molar-refractivity contribution < 1.29 is 64.7 Å². The fourth-order valence-corrected chi connectivity index (χ4v) is 5.42. The molecule has 220 valence electrons. The van der Waals surface area contributed by atoms with E-state index in [-0.39, 0.29) is 46.1 Å². The minimum atomic E-state index is -1.85. The zero-order chi connectivity index (χ0) is 29.8. The van der Waals surface area contributed by atoms with E-state index in [1.54, 1.807) is 0 Å². The van der Waals surface area contributed by atoms with Gasteiger partial charge in [0, 0.05) is 30.4 Å². The number of carbonyl (C=O) groups excluding carboxylic acids is 2. The number of aliphatic hydroxyl groups is 5. The molecule has 0 saturated carbocycles. The average molecular weight is 567 g/mol. The van der Waals surface area contributed by atoms with E-state index in [0.29, 0.717) is 0 Å². The van der Waals surface area contributed by atoms with Gasteiger partial charge in [0.2, 0.25) is 6.29 Å². The van der Waals surface area contributed by atoms with Crippen molar-refractivity contribution in [2.24, 2.45) is 5.92 Å². The Balaban J connectivity index is 1.84. The maximum atomic E-state index is 13.3. The molecule has 1 heterocycles. The summed E-state index contributed by atoms with van der Waals surface area (Å²) in [5.41, 5.74) is -0.296. The zero-order valence-electron chi connectivity index (χ0n) is 22.3. The summed E-state index contributed by atoms with van der Waals surface area (Å²) in [7, 11) is 1.14. The van der Waals surface area contributed by atoms with Crippen LogP contribution in [0.1, 0.15) is 41.8 Å². The maximum Gasteiger partial charge on any atom is 0.203 e. The molecule has 9 atom stereocenters. The van der Waals surface area contributed by atoms with Gasteiger partial charge in [-0.05, 0) is 38.8 Å². The van der Waals surface area contributed by atoms with Crippen LogP contribution in [-0.4, -0.2) is 109 Å².